The van der Waals surface area contributed by atoms with Crippen LogP contribution in [-0.2, 0) is 13.0 Å². The molecular formula is C20H24FN5O2. The first-order valence-corrected chi connectivity index (χ1v) is 9.67. The van der Waals surface area contributed by atoms with Gasteiger partial charge in [-0.2, -0.15) is 0 Å². The number of hydrogen-bond acceptors (Lipinski definition) is 4. The first kappa shape index (κ1) is 18.6. The van der Waals surface area contributed by atoms with E-state index in [1.165, 1.54) is 24.3 Å². The van der Waals surface area contributed by atoms with Gasteiger partial charge in [0.05, 0.1) is 5.69 Å². The Morgan fingerprint density at radius 3 is 2.46 bits per heavy atom. The van der Waals surface area contributed by atoms with Gasteiger partial charge in [0.15, 0.2) is 11.5 Å². The van der Waals surface area contributed by atoms with Crippen molar-refractivity contribution in [1.29, 1.82) is 0 Å². The van der Waals surface area contributed by atoms with E-state index in [0.717, 1.165) is 38.0 Å². The number of nitrogens with zero attached hydrogens (tertiary/aromatic N) is 4. The maximum Gasteiger partial charge on any atom is 0.289 e. The average Bonchev–Trinajstić information content (AvgIpc) is 3.10. The van der Waals surface area contributed by atoms with Gasteiger partial charge in [-0.05, 0) is 50.6 Å². The third kappa shape index (κ3) is 3.64. The highest BCUT2D eigenvalue weighted by Gasteiger charge is 2.30. The molecule has 0 unspecified atom stereocenters. The van der Waals surface area contributed by atoms with Crippen LogP contribution in [0.5, 0.6) is 0 Å². The second kappa shape index (κ2) is 7.71. The number of amides is 2. The molecule has 0 saturated carbocycles. The first-order chi connectivity index (χ1) is 13.5. The SMILES string of the molecule is CN1CCN(C(=O)c2nc(C(=O)Nc3ccc(F)cc3)c3n2CCCC3)CC1. The summed E-state index contributed by atoms with van der Waals surface area (Å²) < 4.78 is 15.0. The predicted molar refractivity (Wildman–Crippen MR) is 103 cm³/mol. The lowest BCUT2D eigenvalue weighted by atomic mass is 10.1. The molecule has 28 heavy (non-hydrogen) atoms. The fourth-order valence-electron chi connectivity index (χ4n) is 3.76. The number of benzene rings is 1. The summed E-state index contributed by atoms with van der Waals surface area (Å²) in [6.07, 6.45) is 2.64. The molecule has 1 saturated heterocycles. The number of rotatable bonds is 3. The van der Waals surface area contributed by atoms with Crippen LogP contribution in [0.1, 0.15) is 39.6 Å². The summed E-state index contributed by atoms with van der Waals surface area (Å²) in [6, 6.07) is 5.60. The van der Waals surface area contributed by atoms with Crippen molar-refractivity contribution in [2.75, 3.05) is 38.5 Å². The van der Waals surface area contributed by atoms with Gasteiger partial charge in [0.25, 0.3) is 11.8 Å². The van der Waals surface area contributed by atoms with E-state index in [4.69, 9.17) is 0 Å². The van der Waals surface area contributed by atoms with Gasteiger partial charge in [0.1, 0.15) is 5.82 Å². The minimum atomic E-state index is -0.366. The number of likely N-dealkylation sites (N-methyl/N-ethyl adjacent to an activating group) is 1. The van der Waals surface area contributed by atoms with Crippen molar-refractivity contribution in [2.45, 2.75) is 25.8 Å². The summed E-state index contributed by atoms with van der Waals surface area (Å²) in [7, 11) is 2.04. The standard InChI is InChI=1S/C20H24FN5O2/c1-24-10-12-25(13-11-24)20(28)18-23-17(16-4-2-3-9-26(16)18)19(27)22-15-7-5-14(21)6-8-15/h5-8H,2-4,9-13H2,1H3,(H,22,27). The van der Waals surface area contributed by atoms with Gasteiger partial charge in [-0.1, -0.05) is 0 Å². The highest BCUT2D eigenvalue weighted by atomic mass is 19.1. The Labute approximate surface area is 163 Å². The maximum atomic E-state index is 13.1. The number of anilines is 1. The molecule has 2 aliphatic rings. The average molecular weight is 385 g/mol. The molecule has 4 rings (SSSR count). The molecule has 0 atom stereocenters. The fourth-order valence-corrected chi connectivity index (χ4v) is 3.76. The topological polar surface area (TPSA) is 70.5 Å². The van der Waals surface area contributed by atoms with Gasteiger partial charge in [0.2, 0.25) is 0 Å². The molecule has 3 heterocycles. The van der Waals surface area contributed by atoms with Gasteiger partial charge < -0.3 is 19.7 Å². The number of piperazine rings is 1. The zero-order valence-electron chi connectivity index (χ0n) is 15.9. The van der Waals surface area contributed by atoms with Gasteiger partial charge in [0, 0.05) is 38.4 Å². The van der Waals surface area contributed by atoms with Gasteiger partial charge in [-0.3, -0.25) is 9.59 Å². The van der Waals surface area contributed by atoms with Crippen molar-refractivity contribution in [3.63, 3.8) is 0 Å². The van der Waals surface area contributed by atoms with Crippen LogP contribution in [0.25, 0.3) is 0 Å². The zero-order valence-corrected chi connectivity index (χ0v) is 15.9. The quantitative estimate of drug-likeness (QED) is 0.877. The monoisotopic (exact) mass is 385 g/mol. The number of carbonyl (C=O) groups excluding carboxylic acids is 2. The van der Waals surface area contributed by atoms with Gasteiger partial charge in [-0.15, -0.1) is 0 Å². The Hall–Kier alpha value is -2.74. The third-order valence-corrected chi connectivity index (χ3v) is 5.42. The van der Waals surface area contributed by atoms with Crippen molar-refractivity contribution in [2.24, 2.45) is 0 Å². The Balaban J connectivity index is 1.60. The van der Waals surface area contributed by atoms with Crippen LogP contribution in [0.2, 0.25) is 0 Å². The molecule has 148 valence electrons. The van der Waals surface area contributed by atoms with E-state index in [1.54, 1.807) is 0 Å². The lowest BCUT2D eigenvalue weighted by Crippen LogP contribution is -2.47. The fraction of sp³-hybridized carbons (Fsp3) is 0.450. The van der Waals surface area contributed by atoms with Crippen LogP contribution in [0.3, 0.4) is 0 Å². The summed E-state index contributed by atoms with van der Waals surface area (Å²) in [5, 5.41) is 2.76. The predicted octanol–water partition coefficient (Wildman–Crippen LogP) is 2.00. The van der Waals surface area contributed by atoms with E-state index >= 15 is 0 Å². The van der Waals surface area contributed by atoms with Crippen LogP contribution >= 0.6 is 0 Å². The maximum absolute atomic E-state index is 13.1. The summed E-state index contributed by atoms with van der Waals surface area (Å²) in [6.45, 7) is 3.68. The highest BCUT2D eigenvalue weighted by molar-refractivity contribution is 6.05. The Morgan fingerprint density at radius 1 is 1.04 bits per heavy atom. The van der Waals surface area contributed by atoms with Crippen LogP contribution in [0.15, 0.2) is 24.3 Å². The summed E-state index contributed by atoms with van der Waals surface area (Å²) >= 11 is 0. The zero-order chi connectivity index (χ0) is 19.7. The van der Waals surface area contributed by atoms with E-state index in [-0.39, 0.29) is 17.6 Å². The molecule has 2 aromatic rings. The van der Waals surface area contributed by atoms with E-state index in [1.807, 2.05) is 16.5 Å². The van der Waals surface area contributed by atoms with Crippen LogP contribution in [-0.4, -0.2) is 64.4 Å². The molecule has 1 aromatic heterocycles. The molecule has 0 radical (unpaired) electrons. The second-order valence-corrected chi connectivity index (χ2v) is 7.40. The van der Waals surface area contributed by atoms with Crippen molar-refractivity contribution >= 4 is 17.5 Å². The molecule has 2 amide bonds. The lowest BCUT2D eigenvalue weighted by Gasteiger charge is -2.32. The molecule has 0 bridgehead atoms. The molecule has 0 spiro atoms. The molecule has 0 aliphatic carbocycles. The van der Waals surface area contributed by atoms with Crippen LogP contribution < -0.4 is 5.32 Å². The van der Waals surface area contributed by atoms with E-state index in [2.05, 4.69) is 15.2 Å². The summed E-state index contributed by atoms with van der Waals surface area (Å²) in [5.41, 5.74) is 1.60. The lowest BCUT2D eigenvalue weighted by molar-refractivity contribution is 0.0645. The number of fused-ring (bicyclic) bond motifs is 1. The second-order valence-electron chi connectivity index (χ2n) is 7.40. The smallest absolute Gasteiger partial charge is 0.289 e. The Morgan fingerprint density at radius 2 is 1.75 bits per heavy atom. The van der Waals surface area contributed by atoms with Crippen molar-refractivity contribution < 1.29 is 14.0 Å². The van der Waals surface area contributed by atoms with E-state index in [9.17, 15) is 14.0 Å². The van der Waals surface area contributed by atoms with Crippen LogP contribution in [0.4, 0.5) is 10.1 Å². The molecule has 8 heteroatoms. The molecule has 1 aromatic carbocycles. The van der Waals surface area contributed by atoms with Crippen molar-refractivity contribution in [3.05, 3.63) is 47.3 Å². The number of halogens is 1. The molecule has 2 aliphatic heterocycles. The molecule has 1 fully saturated rings. The van der Waals surface area contributed by atoms with Crippen molar-refractivity contribution in [1.82, 2.24) is 19.4 Å². The number of nitrogens with one attached hydrogen (secondary N) is 1. The molecule has 1 N–H and O–H groups in total. The largest absolute Gasteiger partial charge is 0.333 e. The summed E-state index contributed by atoms with van der Waals surface area (Å²) in [4.78, 5) is 34.3. The highest BCUT2D eigenvalue weighted by Crippen LogP contribution is 2.23. The number of aromatic nitrogens is 2. The number of hydrogen-bond donors (Lipinski definition) is 1. The minimum absolute atomic E-state index is 0.114. The molecule has 7 nitrogen and oxygen atoms in total. The normalized spacial score (nSPS) is 17.3. The van der Waals surface area contributed by atoms with E-state index in [0.29, 0.717) is 36.8 Å². The van der Waals surface area contributed by atoms with Gasteiger partial charge in [-0.25, -0.2) is 9.37 Å². The Bertz CT molecular complexity index is 885. The van der Waals surface area contributed by atoms with Crippen molar-refractivity contribution in [3.8, 4) is 0 Å². The summed E-state index contributed by atoms with van der Waals surface area (Å²) in [5.74, 6) is -0.493. The van der Waals surface area contributed by atoms with E-state index < -0.39 is 0 Å². The van der Waals surface area contributed by atoms with Crippen LogP contribution in [0, 0.1) is 5.82 Å². The minimum Gasteiger partial charge on any atom is -0.333 e. The van der Waals surface area contributed by atoms with Gasteiger partial charge >= 0.3 is 0 Å². The Kier molecular flexibility index (Phi) is 5.13. The number of carbonyl (C=O) groups is 2. The molecular weight excluding hydrogens is 361 g/mol. The number of imidazole rings is 1. The first-order valence-electron chi connectivity index (χ1n) is 9.67. The third-order valence-electron chi connectivity index (χ3n) is 5.42.